The number of aldehydes is 1. The van der Waals surface area contributed by atoms with Crippen molar-refractivity contribution in [1.82, 2.24) is 4.90 Å². The standard InChI is InChI=1S/C7H11NO2S/c1-5(11)8-3-7(10)2-6(8)4-9/h4,6-7,10H,2-3H2,1H3/t6-,7?/m0/s1. The Hall–Kier alpha value is -0.480. The highest BCUT2D eigenvalue weighted by molar-refractivity contribution is 7.80. The molecule has 1 aliphatic heterocycles. The van der Waals surface area contributed by atoms with Gasteiger partial charge in [0.1, 0.15) is 6.29 Å². The highest BCUT2D eigenvalue weighted by atomic mass is 32.1. The van der Waals surface area contributed by atoms with Crippen molar-refractivity contribution in [2.24, 2.45) is 0 Å². The van der Waals surface area contributed by atoms with Gasteiger partial charge in [0, 0.05) is 13.0 Å². The third kappa shape index (κ3) is 1.75. The fourth-order valence-electron chi connectivity index (χ4n) is 1.33. The van der Waals surface area contributed by atoms with Crippen LogP contribution < -0.4 is 0 Å². The fourth-order valence-corrected chi connectivity index (χ4v) is 1.54. The topological polar surface area (TPSA) is 40.5 Å². The smallest absolute Gasteiger partial charge is 0.142 e. The largest absolute Gasteiger partial charge is 0.391 e. The molecule has 0 aromatic carbocycles. The maximum Gasteiger partial charge on any atom is 0.142 e. The van der Waals surface area contributed by atoms with E-state index in [0.29, 0.717) is 18.0 Å². The van der Waals surface area contributed by atoms with E-state index in [0.717, 1.165) is 6.29 Å². The Morgan fingerprint density at radius 1 is 1.82 bits per heavy atom. The molecule has 3 nitrogen and oxygen atoms in total. The summed E-state index contributed by atoms with van der Waals surface area (Å²) in [5.41, 5.74) is 0. The van der Waals surface area contributed by atoms with E-state index in [-0.39, 0.29) is 6.04 Å². The number of hydrogen-bond donors (Lipinski definition) is 1. The molecule has 0 saturated carbocycles. The second-order valence-electron chi connectivity index (χ2n) is 2.76. The highest BCUT2D eigenvalue weighted by Crippen LogP contribution is 2.16. The van der Waals surface area contributed by atoms with Gasteiger partial charge >= 0.3 is 0 Å². The average Bonchev–Trinajstić information content (AvgIpc) is 2.30. The van der Waals surface area contributed by atoms with Crippen LogP contribution >= 0.6 is 12.2 Å². The quantitative estimate of drug-likeness (QED) is 0.446. The van der Waals surface area contributed by atoms with Crippen LogP contribution in [-0.2, 0) is 4.79 Å². The molecular weight excluding hydrogens is 162 g/mol. The lowest BCUT2D eigenvalue weighted by molar-refractivity contribution is -0.110. The first-order valence-electron chi connectivity index (χ1n) is 3.55. The van der Waals surface area contributed by atoms with Crippen LogP contribution in [0, 0.1) is 0 Å². The molecule has 0 radical (unpaired) electrons. The number of β-amino-alcohol motifs (C(OH)–C–C–N with tert-alkyl or cyclic N) is 1. The van der Waals surface area contributed by atoms with Gasteiger partial charge < -0.3 is 14.8 Å². The summed E-state index contributed by atoms with van der Waals surface area (Å²) in [4.78, 5) is 12.9. The summed E-state index contributed by atoms with van der Waals surface area (Å²) < 4.78 is 0. The number of carbonyl (C=O) groups is 1. The zero-order valence-corrected chi connectivity index (χ0v) is 7.17. The minimum absolute atomic E-state index is 0.206. The maximum atomic E-state index is 10.5. The number of rotatable bonds is 1. The van der Waals surface area contributed by atoms with Gasteiger partial charge in [-0.1, -0.05) is 12.2 Å². The predicted molar refractivity (Wildman–Crippen MR) is 45.5 cm³/mol. The molecule has 0 aromatic heterocycles. The van der Waals surface area contributed by atoms with Crippen molar-refractivity contribution in [1.29, 1.82) is 0 Å². The Kier molecular flexibility index (Phi) is 2.57. The SMILES string of the molecule is CC(=S)N1CC(O)C[C@H]1C=O. The Morgan fingerprint density at radius 2 is 2.45 bits per heavy atom. The lowest BCUT2D eigenvalue weighted by Crippen LogP contribution is -2.33. The first-order valence-corrected chi connectivity index (χ1v) is 3.96. The van der Waals surface area contributed by atoms with Crippen LogP contribution in [0.15, 0.2) is 0 Å². The fraction of sp³-hybridized carbons (Fsp3) is 0.714. The second-order valence-corrected chi connectivity index (χ2v) is 3.36. The van der Waals surface area contributed by atoms with E-state index in [9.17, 15) is 9.90 Å². The number of thiocarbonyl (C=S) groups is 1. The molecule has 4 heteroatoms. The summed E-state index contributed by atoms with van der Waals surface area (Å²) in [5.74, 6) is 0. The molecule has 0 aliphatic carbocycles. The van der Waals surface area contributed by atoms with E-state index in [1.165, 1.54) is 0 Å². The van der Waals surface area contributed by atoms with E-state index >= 15 is 0 Å². The lowest BCUT2D eigenvalue weighted by atomic mass is 10.2. The van der Waals surface area contributed by atoms with Gasteiger partial charge in [-0.3, -0.25) is 0 Å². The Morgan fingerprint density at radius 3 is 2.82 bits per heavy atom. The molecular formula is C7H11NO2S. The molecule has 1 rings (SSSR count). The molecule has 2 atom stereocenters. The van der Waals surface area contributed by atoms with Gasteiger partial charge in [0.15, 0.2) is 0 Å². The van der Waals surface area contributed by atoms with Crippen LogP contribution in [0.5, 0.6) is 0 Å². The first-order chi connectivity index (χ1) is 5.15. The van der Waals surface area contributed by atoms with E-state index in [2.05, 4.69) is 0 Å². The zero-order chi connectivity index (χ0) is 8.43. The van der Waals surface area contributed by atoms with Crippen LogP contribution in [0.25, 0.3) is 0 Å². The van der Waals surface area contributed by atoms with E-state index < -0.39 is 6.10 Å². The molecule has 0 spiro atoms. The van der Waals surface area contributed by atoms with Gasteiger partial charge in [-0.25, -0.2) is 0 Å². The summed E-state index contributed by atoms with van der Waals surface area (Å²) in [6.45, 7) is 2.27. The van der Waals surface area contributed by atoms with Crippen LogP contribution in [0.3, 0.4) is 0 Å². The van der Waals surface area contributed by atoms with Gasteiger partial charge in [0.2, 0.25) is 0 Å². The third-order valence-electron chi connectivity index (χ3n) is 1.88. The number of carbonyl (C=O) groups excluding carboxylic acids is 1. The molecule has 0 amide bonds. The van der Waals surface area contributed by atoms with E-state index in [1.807, 2.05) is 0 Å². The number of likely N-dealkylation sites (tertiary alicyclic amines) is 1. The molecule has 1 heterocycles. The van der Waals surface area contributed by atoms with Gasteiger partial charge in [-0.2, -0.15) is 0 Å². The van der Waals surface area contributed by atoms with Crippen molar-refractivity contribution in [3.63, 3.8) is 0 Å². The van der Waals surface area contributed by atoms with Crippen molar-refractivity contribution < 1.29 is 9.90 Å². The average molecular weight is 173 g/mol. The predicted octanol–water partition coefficient (Wildman–Crippen LogP) is -0.0322. The van der Waals surface area contributed by atoms with Gasteiger partial charge in [0.25, 0.3) is 0 Å². The summed E-state index contributed by atoms with van der Waals surface area (Å²) >= 11 is 4.91. The minimum atomic E-state index is -0.400. The molecule has 1 saturated heterocycles. The Labute approximate surface area is 71.0 Å². The molecule has 1 unspecified atom stereocenters. The summed E-state index contributed by atoms with van der Waals surface area (Å²) in [7, 11) is 0. The molecule has 0 aromatic rings. The molecule has 11 heavy (non-hydrogen) atoms. The van der Waals surface area contributed by atoms with Gasteiger partial charge in [-0.05, 0) is 6.92 Å². The molecule has 0 bridgehead atoms. The normalized spacial score (nSPS) is 30.5. The monoisotopic (exact) mass is 173 g/mol. The van der Waals surface area contributed by atoms with Crippen molar-refractivity contribution in [2.75, 3.05) is 6.54 Å². The highest BCUT2D eigenvalue weighted by Gasteiger charge is 2.30. The minimum Gasteiger partial charge on any atom is -0.391 e. The summed E-state index contributed by atoms with van der Waals surface area (Å²) in [6, 6.07) is -0.206. The van der Waals surface area contributed by atoms with Crippen LogP contribution in [0.4, 0.5) is 0 Å². The molecule has 1 aliphatic rings. The van der Waals surface area contributed by atoms with Gasteiger partial charge in [-0.15, -0.1) is 0 Å². The van der Waals surface area contributed by atoms with Gasteiger partial charge in [0.05, 0.1) is 17.1 Å². The Bertz CT molecular complexity index is 183. The number of aliphatic hydroxyl groups excluding tert-OH is 1. The number of nitrogens with zero attached hydrogens (tertiary/aromatic N) is 1. The van der Waals surface area contributed by atoms with Crippen LogP contribution in [0.1, 0.15) is 13.3 Å². The number of aliphatic hydroxyl groups is 1. The number of hydrogen-bond acceptors (Lipinski definition) is 3. The zero-order valence-electron chi connectivity index (χ0n) is 6.36. The van der Waals surface area contributed by atoms with E-state index in [4.69, 9.17) is 12.2 Å². The maximum absolute atomic E-state index is 10.5. The Balaban J connectivity index is 2.64. The van der Waals surface area contributed by atoms with Crippen molar-refractivity contribution in [3.05, 3.63) is 0 Å². The summed E-state index contributed by atoms with van der Waals surface area (Å²) in [6.07, 6.45) is 0.951. The lowest BCUT2D eigenvalue weighted by Gasteiger charge is -2.19. The second kappa shape index (κ2) is 3.28. The van der Waals surface area contributed by atoms with Crippen molar-refractivity contribution in [3.8, 4) is 0 Å². The van der Waals surface area contributed by atoms with Crippen molar-refractivity contribution in [2.45, 2.75) is 25.5 Å². The summed E-state index contributed by atoms with van der Waals surface area (Å²) in [5, 5.41) is 9.19. The molecule has 62 valence electrons. The van der Waals surface area contributed by atoms with Crippen LogP contribution in [0.2, 0.25) is 0 Å². The molecule has 1 N–H and O–H groups in total. The first kappa shape index (κ1) is 8.62. The van der Waals surface area contributed by atoms with E-state index in [1.54, 1.807) is 11.8 Å². The van der Waals surface area contributed by atoms with Crippen molar-refractivity contribution >= 4 is 23.5 Å². The van der Waals surface area contributed by atoms with Crippen LogP contribution in [-0.4, -0.2) is 40.0 Å². The molecule has 1 fully saturated rings. The third-order valence-corrected chi connectivity index (χ3v) is 2.12.